The first-order valence-corrected chi connectivity index (χ1v) is 10.3. The van der Waals surface area contributed by atoms with Crippen LogP contribution in [0.25, 0.3) is 17.1 Å². The minimum atomic E-state index is 0.289. The van der Waals surface area contributed by atoms with Crippen LogP contribution in [0.2, 0.25) is 0 Å². The van der Waals surface area contributed by atoms with E-state index in [1.54, 1.807) is 19.5 Å². The van der Waals surface area contributed by atoms with E-state index in [1.165, 1.54) is 23.3 Å². The van der Waals surface area contributed by atoms with Crippen LogP contribution in [0, 0.1) is 0 Å². The van der Waals surface area contributed by atoms with Gasteiger partial charge in [0.05, 0.1) is 12.8 Å². The summed E-state index contributed by atoms with van der Waals surface area (Å²) in [6, 6.07) is 11.6. The van der Waals surface area contributed by atoms with Crippen molar-refractivity contribution in [2.75, 3.05) is 7.11 Å². The average Bonchev–Trinajstić information content (AvgIpc) is 3.36. The van der Waals surface area contributed by atoms with Gasteiger partial charge in [-0.1, -0.05) is 13.8 Å². The predicted molar refractivity (Wildman–Crippen MR) is 109 cm³/mol. The highest BCUT2D eigenvalue weighted by Gasteiger charge is 2.19. The zero-order chi connectivity index (χ0) is 19.5. The van der Waals surface area contributed by atoms with Crippen LogP contribution in [-0.2, 0) is 0 Å². The summed E-state index contributed by atoms with van der Waals surface area (Å²) >= 11 is 2.84. The zero-order valence-corrected chi connectivity index (χ0v) is 17.2. The predicted octanol–water partition coefficient (Wildman–Crippen LogP) is 4.46. The quantitative estimate of drug-likeness (QED) is 0.464. The molecule has 0 spiro atoms. The standard InChI is InChI=1S/C19H18N6OS2/c1-12(2)16-21-19(28-24-16)27-18-23-22-17(13-8-10-20-11-9-13)25(18)14-4-6-15(26-3)7-5-14/h4-12H,1-3H3. The van der Waals surface area contributed by atoms with Crippen molar-refractivity contribution < 1.29 is 4.74 Å². The molecule has 0 aliphatic rings. The molecule has 0 aliphatic heterocycles. The zero-order valence-electron chi connectivity index (χ0n) is 15.6. The number of pyridine rings is 1. The number of hydrogen-bond acceptors (Lipinski definition) is 8. The third-order valence-corrected chi connectivity index (χ3v) is 5.73. The lowest BCUT2D eigenvalue weighted by Gasteiger charge is -2.10. The van der Waals surface area contributed by atoms with Crippen molar-refractivity contribution in [1.29, 1.82) is 0 Å². The topological polar surface area (TPSA) is 78.6 Å². The largest absolute Gasteiger partial charge is 0.497 e. The Labute approximate surface area is 171 Å². The normalized spacial score (nSPS) is 11.1. The van der Waals surface area contributed by atoms with Gasteiger partial charge in [0, 0.05) is 23.9 Å². The molecule has 0 bridgehead atoms. The first kappa shape index (κ1) is 18.6. The van der Waals surface area contributed by atoms with Gasteiger partial charge in [0.15, 0.2) is 10.2 Å². The molecule has 9 heteroatoms. The SMILES string of the molecule is COc1ccc(-n2c(Sc3nc(C(C)C)ns3)nnc2-c2ccncc2)cc1. The second kappa shape index (κ2) is 8.07. The average molecular weight is 411 g/mol. The van der Waals surface area contributed by atoms with Crippen molar-refractivity contribution in [2.24, 2.45) is 0 Å². The van der Waals surface area contributed by atoms with Crippen LogP contribution in [0.3, 0.4) is 0 Å². The summed E-state index contributed by atoms with van der Waals surface area (Å²) in [4.78, 5) is 8.70. The van der Waals surface area contributed by atoms with E-state index in [4.69, 9.17) is 4.74 Å². The number of rotatable bonds is 6. The van der Waals surface area contributed by atoms with E-state index in [2.05, 4.69) is 38.4 Å². The molecule has 0 atom stereocenters. The van der Waals surface area contributed by atoms with E-state index in [0.29, 0.717) is 0 Å². The Morgan fingerprint density at radius 2 is 1.79 bits per heavy atom. The van der Waals surface area contributed by atoms with Crippen LogP contribution in [0.1, 0.15) is 25.6 Å². The molecule has 0 N–H and O–H groups in total. The smallest absolute Gasteiger partial charge is 0.203 e. The number of ether oxygens (including phenoxy) is 1. The highest BCUT2D eigenvalue weighted by atomic mass is 32.2. The molecule has 0 amide bonds. The fourth-order valence-electron chi connectivity index (χ4n) is 2.56. The third-order valence-electron chi connectivity index (χ3n) is 4.02. The van der Waals surface area contributed by atoms with Crippen molar-refractivity contribution in [3.8, 4) is 22.8 Å². The van der Waals surface area contributed by atoms with E-state index >= 15 is 0 Å². The summed E-state index contributed by atoms with van der Waals surface area (Å²) < 4.78 is 12.6. The van der Waals surface area contributed by atoms with E-state index in [9.17, 15) is 0 Å². The maximum atomic E-state index is 5.28. The second-order valence-corrected chi connectivity index (χ2v) is 8.22. The van der Waals surface area contributed by atoms with Crippen LogP contribution < -0.4 is 4.74 Å². The van der Waals surface area contributed by atoms with E-state index in [0.717, 1.165) is 38.1 Å². The Morgan fingerprint density at radius 1 is 1.04 bits per heavy atom. The van der Waals surface area contributed by atoms with Gasteiger partial charge in [-0.3, -0.25) is 9.55 Å². The maximum absolute atomic E-state index is 5.28. The fraction of sp³-hybridized carbons (Fsp3) is 0.211. The first-order chi connectivity index (χ1) is 13.7. The Kier molecular flexibility index (Phi) is 5.36. The van der Waals surface area contributed by atoms with E-state index in [-0.39, 0.29) is 5.92 Å². The first-order valence-electron chi connectivity index (χ1n) is 8.67. The summed E-state index contributed by atoms with van der Waals surface area (Å²) in [6.45, 7) is 4.16. The van der Waals surface area contributed by atoms with Gasteiger partial charge in [-0.25, -0.2) is 4.98 Å². The summed E-state index contributed by atoms with van der Waals surface area (Å²) in [5.41, 5.74) is 1.87. The van der Waals surface area contributed by atoms with Gasteiger partial charge in [-0.2, -0.15) is 4.37 Å². The summed E-state index contributed by atoms with van der Waals surface area (Å²) in [5.74, 6) is 2.67. The maximum Gasteiger partial charge on any atom is 0.203 e. The second-order valence-electron chi connectivity index (χ2n) is 6.25. The molecule has 142 valence electrons. The molecule has 0 unspecified atom stereocenters. The Bertz CT molecular complexity index is 1060. The summed E-state index contributed by atoms with van der Waals surface area (Å²) in [5, 5.41) is 9.58. The number of methoxy groups -OCH3 is 1. The molecule has 0 saturated heterocycles. The minimum absolute atomic E-state index is 0.289. The number of benzene rings is 1. The van der Waals surface area contributed by atoms with Gasteiger partial charge >= 0.3 is 0 Å². The fourth-order valence-corrected chi connectivity index (χ4v) is 4.26. The van der Waals surface area contributed by atoms with Gasteiger partial charge in [0.2, 0.25) is 5.16 Å². The molecule has 7 nitrogen and oxygen atoms in total. The molecule has 1 aromatic carbocycles. The monoisotopic (exact) mass is 410 g/mol. The lowest BCUT2D eigenvalue weighted by molar-refractivity contribution is 0.414. The number of nitrogens with zero attached hydrogens (tertiary/aromatic N) is 6. The molecule has 0 fully saturated rings. The van der Waals surface area contributed by atoms with Crippen molar-refractivity contribution in [3.63, 3.8) is 0 Å². The number of aromatic nitrogens is 6. The molecule has 3 heterocycles. The van der Waals surface area contributed by atoms with E-state index in [1.807, 2.05) is 41.0 Å². The van der Waals surface area contributed by atoms with Crippen LogP contribution >= 0.6 is 23.3 Å². The van der Waals surface area contributed by atoms with Gasteiger partial charge in [0.25, 0.3) is 0 Å². The van der Waals surface area contributed by atoms with Crippen LogP contribution in [0.4, 0.5) is 0 Å². The van der Waals surface area contributed by atoms with Gasteiger partial charge in [0.1, 0.15) is 11.6 Å². The van der Waals surface area contributed by atoms with Crippen molar-refractivity contribution in [1.82, 2.24) is 29.1 Å². The highest BCUT2D eigenvalue weighted by Crippen LogP contribution is 2.34. The molecule has 4 rings (SSSR count). The van der Waals surface area contributed by atoms with Crippen molar-refractivity contribution in [3.05, 3.63) is 54.6 Å². The molecular weight excluding hydrogens is 392 g/mol. The third kappa shape index (κ3) is 3.76. The summed E-state index contributed by atoms with van der Waals surface area (Å²) in [7, 11) is 1.65. The molecule has 4 aromatic rings. The molecule has 28 heavy (non-hydrogen) atoms. The van der Waals surface area contributed by atoms with Crippen molar-refractivity contribution >= 4 is 23.3 Å². The minimum Gasteiger partial charge on any atom is -0.497 e. The number of hydrogen-bond donors (Lipinski definition) is 0. The van der Waals surface area contributed by atoms with E-state index < -0.39 is 0 Å². The Morgan fingerprint density at radius 3 is 2.43 bits per heavy atom. The Balaban J connectivity index is 1.78. The van der Waals surface area contributed by atoms with Crippen LogP contribution in [-0.4, -0.2) is 36.2 Å². The molecule has 3 aromatic heterocycles. The lowest BCUT2D eigenvalue weighted by Crippen LogP contribution is -2.00. The molecule has 0 radical (unpaired) electrons. The Hall–Kier alpha value is -2.78. The summed E-state index contributed by atoms with van der Waals surface area (Å²) in [6.07, 6.45) is 3.49. The van der Waals surface area contributed by atoms with Gasteiger partial charge in [-0.15, -0.1) is 10.2 Å². The van der Waals surface area contributed by atoms with Crippen molar-refractivity contribution in [2.45, 2.75) is 29.3 Å². The molecule has 0 aliphatic carbocycles. The van der Waals surface area contributed by atoms with Crippen LogP contribution in [0.5, 0.6) is 5.75 Å². The molecule has 0 saturated carbocycles. The molecular formula is C19H18N6OS2. The van der Waals surface area contributed by atoms with Gasteiger partial charge in [-0.05, 0) is 59.7 Å². The lowest BCUT2D eigenvalue weighted by atomic mass is 10.2. The van der Waals surface area contributed by atoms with Crippen LogP contribution in [0.15, 0.2) is 58.3 Å². The van der Waals surface area contributed by atoms with Gasteiger partial charge < -0.3 is 4.74 Å². The highest BCUT2D eigenvalue weighted by molar-refractivity contribution is 8.00.